The highest BCUT2D eigenvalue weighted by Crippen LogP contribution is 2.36. The zero-order valence-corrected chi connectivity index (χ0v) is 11.9. The van der Waals surface area contributed by atoms with E-state index < -0.39 is 0 Å². The number of rotatable bonds is 2. The Labute approximate surface area is 123 Å². The molecular formula is C17H17N3O. The summed E-state index contributed by atoms with van der Waals surface area (Å²) in [5.74, 6) is 0.944. The first-order valence-corrected chi connectivity index (χ1v) is 7.17. The highest BCUT2D eigenvalue weighted by atomic mass is 16.5. The molecule has 0 saturated carbocycles. The zero-order chi connectivity index (χ0) is 14.4. The first kappa shape index (κ1) is 12.4. The molecule has 106 valence electrons. The maximum absolute atomic E-state index is 6.51. The summed E-state index contributed by atoms with van der Waals surface area (Å²) in [7, 11) is 1.95. The van der Waals surface area contributed by atoms with Crippen LogP contribution < -0.4 is 10.5 Å². The number of aryl methyl sites for hydroxylation is 1. The number of fused-ring (bicyclic) bond motifs is 2. The number of ether oxygens (including phenoxy) is 1. The Kier molecular flexibility index (Phi) is 2.72. The van der Waals surface area contributed by atoms with Crippen molar-refractivity contribution >= 4 is 10.9 Å². The summed E-state index contributed by atoms with van der Waals surface area (Å²) in [6.07, 6.45) is 0.957. The van der Waals surface area contributed by atoms with E-state index in [9.17, 15) is 0 Å². The topological polar surface area (TPSA) is 53.1 Å². The average Bonchev–Trinajstić information content (AvgIpc) is 3.11. The van der Waals surface area contributed by atoms with Gasteiger partial charge in [-0.05, 0) is 11.6 Å². The van der Waals surface area contributed by atoms with Crippen LogP contribution in [0.15, 0.2) is 42.5 Å². The molecule has 0 amide bonds. The van der Waals surface area contributed by atoms with Crippen molar-refractivity contribution in [2.45, 2.75) is 12.5 Å². The second kappa shape index (κ2) is 4.60. The van der Waals surface area contributed by atoms with E-state index in [2.05, 4.69) is 23.3 Å². The molecule has 2 heterocycles. The average molecular weight is 279 g/mol. The van der Waals surface area contributed by atoms with E-state index in [0.29, 0.717) is 0 Å². The quantitative estimate of drug-likeness (QED) is 0.784. The second-order valence-corrected chi connectivity index (χ2v) is 5.44. The van der Waals surface area contributed by atoms with Crippen LogP contribution in [0.1, 0.15) is 22.9 Å². The first-order chi connectivity index (χ1) is 10.3. The Morgan fingerprint density at radius 2 is 2.05 bits per heavy atom. The zero-order valence-electron chi connectivity index (χ0n) is 11.9. The van der Waals surface area contributed by atoms with Gasteiger partial charge in [-0.3, -0.25) is 4.68 Å². The summed E-state index contributed by atoms with van der Waals surface area (Å²) in [6, 6.07) is 14.1. The normalized spacial score (nSPS) is 15.0. The number of benzene rings is 2. The maximum Gasteiger partial charge on any atom is 0.127 e. The van der Waals surface area contributed by atoms with Crippen LogP contribution in [0.5, 0.6) is 5.75 Å². The van der Waals surface area contributed by atoms with Gasteiger partial charge in [0.25, 0.3) is 0 Å². The van der Waals surface area contributed by atoms with Crippen molar-refractivity contribution in [2.24, 2.45) is 12.8 Å². The molecule has 2 aromatic carbocycles. The summed E-state index contributed by atoms with van der Waals surface area (Å²) in [5, 5.41) is 5.73. The molecule has 1 aliphatic rings. The molecule has 0 aliphatic carbocycles. The molecule has 1 aliphatic heterocycles. The Morgan fingerprint density at radius 1 is 1.19 bits per heavy atom. The fraction of sp³-hybridized carbons (Fsp3) is 0.235. The lowest BCUT2D eigenvalue weighted by atomic mass is 9.98. The molecule has 21 heavy (non-hydrogen) atoms. The van der Waals surface area contributed by atoms with E-state index in [4.69, 9.17) is 10.5 Å². The predicted molar refractivity (Wildman–Crippen MR) is 82.4 cm³/mol. The Hall–Kier alpha value is -2.33. The van der Waals surface area contributed by atoms with E-state index >= 15 is 0 Å². The minimum absolute atomic E-state index is 0.274. The summed E-state index contributed by atoms with van der Waals surface area (Å²) >= 11 is 0. The fourth-order valence-corrected chi connectivity index (χ4v) is 3.10. The van der Waals surface area contributed by atoms with Crippen molar-refractivity contribution in [3.63, 3.8) is 0 Å². The molecule has 2 N–H and O–H groups in total. The van der Waals surface area contributed by atoms with Crippen molar-refractivity contribution in [3.8, 4) is 5.75 Å². The molecule has 1 unspecified atom stereocenters. The molecule has 4 nitrogen and oxygen atoms in total. The van der Waals surface area contributed by atoms with Crippen molar-refractivity contribution in [1.82, 2.24) is 9.78 Å². The third kappa shape index (κ3) is 1.83. The number of hydrogen-bond acceptors (Lipinski definition) is 3. The van der Waals surface area contributed by atoms with E-state index in [1.54, 1.807) is 0 Å². The minimum atomic E-state index is -0.274. The van der Waals surface area contributed by atoms with Crippen molar-refractivity contribution in [2.75, 3.05) is 6.61 Å². The van der Waals surface area contributed by atoms with Gasteiger partial charge in [0.15, 0.2) is 0 Å². The van der Waals surface area contributed by atoms with Crippen LogP contribution >= 0.6 is 0 Å². The molecule has 0 bridgehead atoms. The van der Waals surface area contributed by atoms with Gasteiger partial charge >= 0.3 is 0 Å². The van der Waals surface area contributed by atoms with E-state index in [1.165, 1.54) is 5.56 Å². The lowest BCUT2D eigenvalue weighted by Crippen LogP contribution is -2.14. The Morgan fingerprint density at radius 3 is 2.95 bits per heavy atom. The highest BCUT2D eigenvalue weighted by molar-refractivity contribution is 5.83. The third-order valence-corrected chi connectivity index (χ3v) is 4.16. The van der Waals surface area contributed by atoms with Crippen LogP contribution in [0.4, 0.5) is 0 Å². The molecule has 4 heteroatoms. The van der Waals surface area contributed by atoms with Gasteiger partial charge in [-0.15, -0.1) is 0 Å². The van der Waals surface area contributed by atoms with Gasteiger partial charge in [0.2, 0.25) is 0 Å². The van der Waals surface area contributed by atoms with Gasteiger partial charge in [-0.25, -0.2) is 0 Å². The molecular weight excluding hydrogens is 262 g/mol. The number of para-hydroxylation sites is 2. The molecule has 1 aromatic heterocycles. The summed E-state index contributed by atoms with van der Waals surface area (Å²) in [4.78, 5) is 0. The van der Waals surface area contributed by atoms with Crippen LogP contribution in [-0.2, 0) is 13.5 Å². The van der Waals surface area contributed by atoms with Crippen molar-refractivity contribution in [1.29, 1.82) is 0 Å². The van der Waals surface area contributed by atoms with Crippen molar-refractivity contribution < 1.29 is 4.74 Å². The number of nitrogens with two attached hydrogens (primary N) is 1. The molecule has 0 fully saturated rings. The van der Waals surface area contributed by atoms with Gasteiger partial charge in [0.05, 0.1) is 23.9 Å². The van der Waals surface area contributed by atoms with Gasteiger partial charge < -0.3 is 10.5 Å². The summed E-state index contributed by atoms with van der Waals surface area (Å²) < 4.78 is 7.66. The van der Waals surface area contributed by atoms with Crippen LogP contribution in [0.25, 0.3) is 10.9 Å². The SMILES string of the molecule is Cn1nc(C(N)c2cccc3c2OCC3)c2ccccc21. The molecule has 0 radical (unpaired) electrons. The first-order valence-electron chi connectivity index (χ1n) is 7.17. The Bertz CT molecular complexity index is 822. The lowest BCUT2D eigenvalue weighted by Gasteiger charge is -2.14. The number of aromatic nitrogens is 2. The lowest BCUT2D eigenvalue weighted by molar-refractivity contribution is 0.352. The van der Waals surface area contributed by atoms with E-state index in [1.807, 2.05) is 36.0 Å². The van der Waals surface area contributed by atoms with E-state index in [0.717, 1.165) is 40.9 Å². The number of hydrogen-bond donors (Lipinski definition) is 1. The van der Waals surface area contributed by atoms with E-state index in [-0.39, 0.29) is 6.04 Å². The molecule has 0 saturated heterocycles. The van der Waals surface area contributed by atoms with Crippen LogP contribution in [0.3, 0.4) is 0 Å². The Balaban J connectivity index is 1.88. The maximum atomic E-state index is 6.51. The van der Waals surface area contributed by atoms with Gasteiger partial charge in [0.1, 0.15) is 5.75 Å². The second-order valence-electron chi connectivity index (χ2n) is 5.44. The largest absolute Gasteiger partial charge is 0.493 e. The highest BCUT2D eigenvalue weighted by Gasteiger charge is 2.24. The van der Waals surface area contributed by atoms with Crippen LogP contribution in [0.2, 0.25) is 0 Å². The smallest absolute Gasteiger partial charge is 0.127 e. The minimum Gasteiger partial charge on any atom is -0.493 e. The molecule has 3 aromatic rings. The number of nitrogens with zero attached hydrogens (tertiary/aromatic N) is 2. The van der Waals surface area contributed by atoms with Crippen LogP contribution in [-0.4, -0.2) is 16.4 Å². The fourth-order valence-electron chi connectivity index (χ4n) is 3.10. The van der Waals surface area contributed by atoms with Gasteiger partial charge in [-0.1, -0.05) is 36.4 Å². The standard InChI is InChI=1S/C17H17N3O/c1-20-14-8-3-2-6-12(14)16(19-20)15(18)13-7-4-5-11-9-10-21-17(11)13/h2-8,15H,9-10,18H2,1H3. The van der Waals surface area contributed by atoms with Crippen molar-refractivity contribution in [3.05, 3.63) is 59.3 Å². The van der Waals surface area contributed by atoms with Crippen LogP contribution in [0, 0.1) is 0 Å². The predicted octanol–water partition coefficient (Wildman–Crippen LogP) is 2.56. The molecule has 1 atom stereocenters. The third-order valence-electron chi connectivity index (χ3n) is 4.16. The summed E-state index contributed by atoms with van der Waals surface area (Å²) in [5.41, 5.74) is 10.8. The van der Waals surface area contributed by atoms with Gasteiger partial charge in [-0.2, -0.15) is 5.10 Å². The molecule has 4 rings (SSSR count). The monoisotopic (exact) mass is 279 g/mol. The summed E-state index contributed by atoms with van der Waals surface area (Å²) in [6.45, 7) is 0.738. The molecule has 0 spiro atoms. The van der Waals surface area contributed by atoms with Gasteiger partial charge in [0, 0.05) is 24.4 Å².